The van der Waals surface area contributed by atoms with Gasteiger partial charge in [-0.25, -0.2) is 0 Å². The number of rotatable bonds is 56. The number of amides is 1. The first-order valence-corrected chi connectivity index (χ1v) is 35.8. The van der Waals surface area contributed by atoms with E-state index in [1.165, 1.54) is 218 Å². The summed E-state index contributed by atoms with van der Waals surface area (Å²) in [7, 11) is 0. The number of hydrogen-bond donors (Lipinski definition) is 12. The molecule has 0 saturated carbocycles. The van der Waals surface area contributed by atoms with Gasteiger partial charge in [0.1, 0.15) is 73.2 Å². The highest BCUT2D eigenvalue weighted by Crippen LogP contribution is 2.33. The SMILES string of the molecule is CCCCCCCCCCCCCCCCCCCCCCCCCCCCCC(O)C(COC1OC(CO)C(OC2OC(CO)C(OC3OC(CO)C(O)C(O)C3O)C(O)C2O)C(O)C1O)NC(=O)CCCCCCCCCCCCCCCCC. The zero-order valence-corrected chi connectivity index (χ0v) is 54.5. The van der Waals surface area contributed by atoms with Crippen LogP contribution in [0.2, 0.25) is 0 Å². The predicted molar refractivity (Wildman–Crippen MR) is 337 cm³/mol. The number of ether oxygens (including phenoxy) is 6. The van der Waals surface area contributed by atoms with Gasteiger partial charge in [0.15, 0.2) is 18.9 Å². The minimum atomic E-state index is -1.97. The predicted octanol–water partition coefficient (Wildman–Crippen LogP) is 9.50. The van der Waals surface area contributed by atoms with E-state index in [4.69, 9.17) is 28.4 Å². The molecule has 3 aliphatic heterocycles. The monoisotopic (exact) mass is 1250 g/mol. The Bertz CT molecular complexity index is 1590. The Hall–Kier alpha value is -1.21. The first-order chi connectivity index (χ1) is 42.3. The second-order valence-corrected chi connectivity index (χ2v) is 26.1. The van der Waals surface area contributed by atoms with Gasteiger partial charge in [-0.1, -0.05) is 277 Å². The molecular weight excluding hydrogens is 1120 g/mol. The van der Waals surface area contributed by atoms with Crippen LogP contribution >= 0.6 is 0 Å². The molecule has 0 bridgehead atoms. The molecule has 3 heterocycles. The van der Waals surface area contributed by atoms with Crippen LogP contribution < -0.4 is 5.32 Å². The summed E-state index contributed by atoms with van der Waals surface area (Å²) in [4.78, 5) is 13.4. The van der Waals surface area contributed by atoms with Crippen molar-refractivity contribution in [1.29, 1.82) is 0 Å². The van der Waals surface area contributed by atoms with Crippen LogP contribution in [0, 0.1) is 0 Å². The molecule has 3 saturated heterocycles. The third-order valence-electron chi connectivity index (χ3n) is 18.4. The maximum atomic E-state index is 13.4. The molecule has 0 aliphatic carbocycles. The molecule has 0 aromatic rings. The van der Waals surface area contributed by atoms with Gasteiger partial charge in [-0.05, 0) is 12.8 Å². The van der Waals surface area contributed by atoms with Gasteiger partial charge in [-0.15, -0.1) is 0 Å². The fraction of sp³-hybridized carbons (Fsp3) is 0.985. The van der Waals surface area contributed by atoms with Crippen LogP contribution in [-0.2, 0) is 33.2 Å². The molecule has 0 radical (unpaired) electrons. The number of unbranched alkanes of at least 4 members (excludes halogenated alkanes) is 40. The molecule has 12 N–H and O–H groups in total. The summed E-state index contributed by atoms with van der Waals surface area (Å²) in [5.41, 5.74) is 0. The van der Waals surface area contributed by atoms with Crippen LogP contribution in [-0.4, -0.2) is 193 Å². The van der Waals surface area contributed by atoms with Crippen molar-refractivity contribution in [2.24, 2.45) is 0 Å². The molecule has 0 aromatic carbocycles. The van der Waals surface area contributed by atoms with Crippen LogP contribution in [0.4, 0.5) is 0 Å². The van der Waals surface area contributed by atoms with Crippen LogP contribution in [0.1, 0.15) is 296 Å². The highest BCUT2D eigenvalue weighted by Gasteiger charge is 2.53. The van der Waals surface area contributed by atoms with Gasteiger partial charge >= 0.3 is 0 Å². The highest BCUT2D eigenvalue weighted by molar-refractivity contribution is 5.76. The first kappa shape index (κ1) is 80.0. The van der Waals surface area contributed by atoms with Crippen LogP contribution in [0.5, 0.6) is 0 Å². The average Bonchev–Trinajstić information content (AvgIpc) is 1.16. The highest BCUT2D eigenvalue weighted by atomic mass is 16.8. The molecule has 1 amide bonds. The summed E-state index contributed by atoms with van der Waals surface area (Å²) in [6.45, 7) is 1.84. The zero-order valence-electron chi connectivity index (χ0n) is 54.5. The van der Waals surface area contributed by atoms with E-state index in [0.717, 1.165) is 44.9 Å². The largest absolute Gasteiger partial charge is 0.394 e. The summed E-state index contributed by atoms with van der Waals surface area (Å²) in [5, 5.41) is 121. The van der Waals surface area contributed by atoms with Crippen molar-refractivity contribution in [3.05, 3.63) is 0 Å². The Morgan fingerprint density at radius 1 is 0.368 bits per heavy atom. The van der Waals surface area contributed by atoms with E-state index in [1.807, 2.05) is 0 Å². The van der Waals surface area contributed by atoms with Gasteiger partial charge < -0.3 is 89.9 Å². The summed E-state index contributed by atoms with van der Waals surface area (Å²) in [6.07, 6.45) is 27.6. The molecular formula is C68H131NO18. The van der Waals surface area contributed by atoms with Crippen molar-refractivity contribution in [1.82, 2.24) is 5.32 Å². The fourth-order valence-electron chi connectivity index (χ4n) is 12.6. The van der Waals surface area contributed by atoms with Crippen LogP contribution in [0.25, 0.3) is 0 Å². The lowest BCUT2D eigenvalue weighted by molar-refractivity contribution is -0.379. The fourth-order valence-corrected chi connectivity index (χ4v) is 12.6. The topological polar surface area (TPSA) is 307 Å². The minimum Gasteiger partial charge on any atom is -0.394 e. The van der Waals surface area contributed by atoms with E-state index in [1.54, 1.807) is 0 Å². The normalized spacial score (nSPS) is 28.5. The van der Waals surface area contributed by atoms with Gasteiger partial charge in [0.2, 0.25) is 5.91 Å². The molecule has 87 heavy (non-hydrogen) atoms. The molecule has 3 aliphatic rings. The average molecular weight is 1250 g/mol. The number of aliphatic hydroxyl groups is 11. The Kier molecular flexibility index (Phi) is 47.1. The zero-order chi connectivity index (χ0) is 63.3. The molecule has 19 nitrogen and oxygen atoms in total. The Labute approximate surface area is 525 Å². The summed E-state index contributed by atoms with van der Waals surface area (Å²) >= 11 is 0. The van der Waals surface area contributed by atoms with E-state index in [0.29, 0.717) is 12.8 Å². The third-order valence-corrected chi connectivity index (χ3v) is 18.4. The van der Waals surface area contributed by atoms with Crippen molar-refractivity contribution in [2.75, 3.05) is 26.4 Å². The number of carbonyl (C=O) groups excluding carboxylic acids is 1. The van der Waals surface area contributed by atoms with Crippen molar-refractivity contribution >= 4 is 5.91 Å². The van der Waals surface area contributed by atoms with Gasteiger partial charge in [-0.3, -0.25) is 4.79 Å². The number of aliphatic hydroxyl groups excluding tert-OH is 11. The molecule has 0 aromatic heterocycles. The second kappa shape index (κ2) is 51.2. The molecule has 3 fully saturated rings. The van der Waals surface area contributed by atoms with Crippen molar-refractivity contribution < 1.29 is 89.4 Å². The van der Waals surface area contributed by atoms with Crippen molar-refractivity contribution in [2.45, 2.75) is 401 Å². The lowest BCUT2D eigenvalue weighted by atomic mass is 9.96. The summed E-state index contributed by atoms with van der Waals surface area (Å²) < 4.78 is 34.4. The number of hydrogen-bond acceptors (Lipinski definition) is 18. The molecule has 17 atom stereocenters. The van der Waals surface area contributed by atoms with Gasteiger partial charge in [0.25, 0.3) is 0 Å². The Balaban J connectivity index is 1.40. The summed E-state index contributed by atoms with van der Waals surface area (Å²) in [6, 6.07) is -0.881. The van der Waals surface area contributed by atoms with Crippen LogP contribution in [0.15, 0.2) is 0 Å². The lowest BCUT2D eigenvalue weighted by Crippen LogP contribution is -2.66. The van der Waals surface area contributed by atoms with Crippen molar-refractivity contribution in [3.63, 3.8) is 0 Å². The minimum absolute atomic E-state index is 0.236. The Morgan fingerprint density at radius 3 is 1.00 bits per heavy atom. The van der Waals surface area contributed by atoms with Crippen molar-refractivity contribution in [3.8, 4) is 0 Å². The third kappa shape index (κ3) is 33.5. The van der Waals surface area contributed by atoms with E-state index >= 15 is 0 Å². The van der Waals surface area contributed by atoms with E-state index in [-0.39, 0.29) is 18.9 Å². The lowest BCUT2D eigenvalue weighted by Gasteiger charge is -2.48. The number of carbonyl (C=O) groups is 1. The summed E-state index contributed by atoms with van der Waals surface area (Å²) in [5.74, 6) is -0.236. The number of nitrogens with one attached hydrogen (secondary N) is 1. The van der Waals surface area contributed by atoms with E-state index < -0.39 is 124 Å². The quantitative estimate of drug-likeness (QED) is 0.0252. The van der Waals surface area contributed by atoms with E-state index in [9.17, 15) is 61.0 Å². The molecule has 17 unspecified atom stereocenters. The van der Waals surface area contributed by atoms with E-state index in [2.05, 4.69) is 19.2 Å². The smallest absolute Gasteiger partial charge is 0.220 e. The Morgan fingerprint density at radius 2 is 0.655 bits per heavy atom. The van der Waals surface area contributed by atoms with Crippen LogP contribution in [0.3, 0.4) is 0 Å². The second-order valence-electron chi connectivity index (χ2n) is 26.1. The molecule has 0 spiro atoms. The standard InChI is InChI=1S/C68H131NO18/c1-3-5-7-9-11-13-15-17-19-20-21-22-23-24-25-26-27-28-29-30-32-33-35-37-39-41-43-45-52(73)51(69-56(74)46-44-42-40-38-36-34-31-18-16-14-12-10-8-6-4-2)50-82-66-62(80)59(77)64(54(48-71)84-66)87-68-63(81)60(78)65(55(49-72)85-68)86-67-61(79)58(76)57(75)53(47-70)83-67/h51-55,57-68,70-73,75-81H,3-50H2,1-2H3,(H,69,74). The van der Waals surface area contributed by atoms with Gasteiger partial charge in [-0.2, -0.15) is 0 Å². The maximum Gasteiger partial charge on any atom is 0.220 e. The first-order valence-electron chi connectivity index (χ1n) is 35.8. The molecule has 19 heteroatoms. The van der Waals surface area contributed by atoms with Gasteiger partial charge in [0.05, 0.1) is 38.6 Å². The van der Waals surface area contributed by atoms with Gasteiger partial charge in [0, 0.05) is 6.42 Å². The molecule has 516 valence electrons. The molecule has 3 rings (SSSR count). The maximum absolute atomic E-state index is 13.4.